The van der Waals surface area contributed by atoms with Crippen molar-refractivity contribution in [1.82, 2.24) is 14.3 Å². The highest BCUT2D eigenvalue weighted by molar-refractivity contribution is 7.89. The molecule has 0 aromatic heterocycles. The molecule has 174 valence electrons. The molecule has 2 aromatic carbocycles. The summed E-state index contributed by atoms with van der Waals surface area (Å²) in [6, 6.07) is 12.4. The molecule has 1 aliphatic heterocycles. The van der Waals surface area contributed by atoms with E-state index in [4.69, 9.17) is 11.6 Å². The molecule has 3 rings (SSSR count). The van der Waals surface area contributed by atoms with E-state index >= 15 is 0 Å². The number of hydrogen-bond donors (Lipinski definition) is 2. The molecule has 1 fully saturated rings. The van der Waals surface area contributed by atoms with Crippen molar-refractivity contribution < 1.29 is 21.6 Å². The number of nitrogens with zero attached hydrogens (tertiary/aromatic N) is 1. The monoisotopic (exact) mass is 499 g/mol. The average Bonchev–Trinajstić information content (AvgIpc) is 2.77. The lowest BCUT2D eigenvalue weighted by molar-refractivity contribution is -0.126. The molecule has 0 bridgehead atoms. The van der Waals surface area contributed by atoms with Crippen LogP contribution in [0, 0.1) is 12.8 Å². The smallest absolute Gasteiger partial charge is 0.243 e. The molecule has 0 spiro atoms. The van der Waals surface area contributed by atoms with Crippen molar-refractivity contribution in [2.24, 2.45) is 5.92 Å². The SMILES string of the molecule is Cc1ccc(S(=O)(=O)NCCNC(=O)[C@H]2CCCN(S(=O)(=O)c3ccc(Cl)cc3)C2)cc1. The molecule has 0 aliphatic carbocycles. The van der Waals surface area contributed by atoms with Gasteiger partial charge in [-0.25, -0.2) is 21.6 Å². The zero-order valence-corrected chi connectivity index (χ0v) is 20.0. The first kappa shape index (κ1) is 24.7. The predicted molar refractivity (Wildman–Crippen MR) is 122 cm³/mol. The minimum absolute atomic E-state index is 0.0292. The first-order chi connectivity index (χ1) is 15.1. The molecular weight excluding hydrogens is 474 g/mol. The number of piperidine rings is 1. The van der Waals surface area contributed by atoms with Gasteiger partial charge in [-0.05, 0) is 56.2 Å². The van der Waals surface area contributed by atoms with Gasteiger partial charge in [0.1, 0.15) is 0 Å². The number of carbonyl (C=O) groups is 1. The number of halogens is 1. The fourth-order valence-corrected chi connectivity index (χ4v) is 6.13. The first-order valence-electron chi connectivity index (χ1n) is 10.2. The summed E-state index contributed by atoms with van der Waals surface area (Å²) in [7, 11) is -7.38. The normalized spacial score (nSPS) is 17.8. The highest BCUT2D eigenvalue weighted by Gasteiger charge is 2.33. The Hall–Kier alpha value is -1.98. The summed E-state index contributed by atoms with van der Waals surface area (Å²) in [6.45, 7) is 2.41. The number of aryl methyl sites for hydroxylation is 1. The van der Waals surface area contributed by atoms with Crippen molar-refractivity contribution in [2.45, 2.75) is 29.6 Å². The van der Waals surface area contributed by atoms with Gasteiger partial charge in [0.05, 0.1) is 15.7 Å². The lowest BCUT2D eigenvalue weighted by Gasteiger charge is -2.31. The number of hydrogen-bond acceptors (Lipinski definition) is 5. The van der Waals surface area contributed by atoms with E-state index in [1.54, 1.807) is 12.1 Å². The molecular formula is C21H26ClN3O5S2. The maximum atomic E-state index is 12.9. The van der Waals surface area contributed by atoms with E-state index < -0.39 is 26.0 Å². The zero-order valence-electron chi connectivity index (χ0n) is 17.6. The number of sulfonamides is 2. The third kappa shape index (κ3) is 6.08. The van der Waals surface area contributed by atoms with Gasteiger partial charge in [-0.1, -0.05) is 29.3 Å². The Labute approximate surface area is 194 Å². The fourth-order valence-electron chi connectivity index (χ4n) is 3.45. The van der Waals surface area contributed by atoms with Crippen molar-refractivity contribution in [1.29, 1.82) is 0 Å². The summed E-state index contributed by atoms with van der Waals surface area (Å²) >= 11 is 5.84. The van der Waals surface area contributed by atoms with Crippen LogP contribution in [0.3, 0.4) is 0 Å². The van der Waals surface area contributed by atoms with E-state index in [2.05, 4.69) is 10.0 Å². The summed E-state index contributed by atoms with van der Waals surface area (Å²) < 4.78 is 54.1. The molecule has 32 heavy (non-hydrogen) atoms. The lowest BCUT2D eigenvalue weighted by Crippen LogP contribution is -2.46. The van der Waals surface area contributed by atoms with Gasteiger partial charge in [-0.3, -0.25) is 4.79 Å². The number of rotatable bonds is 8. The molecule has 2 N–H and O–H groups in total. The summed E-state index contributed by atoms with van der Waals surface area (Å²) in [5.74, 6) is -0.796. The molecule has 1 atom stereocenters. The molecule has 1 saturated heterocycles. The second kappa shape index (κ2) is 10.3. The Kier molecular flexibility index (Phi) is 7.94. The van der Waals surface area contributed by atoms with Crippen LogP contribution in [0.4, 0.5) is 0 Å². The quantitative estimate of drug-likeness (QED) is 0.540. The van der Waals surface area contributed by atoms with Gasteiger partial charge in [-0.15, -0.1) is 0 Å². The standard InChI is InChI=1S/C21H26ClN3O5S2/c1-16-4-8-19(9-5-16)31(27,28)24-13-12-23-21(26)17-3-2-14-25(15-17)32(29,30)20-10-6-18(22)7-11-20/h4-11,17,24H,2-3,12-15H2,1H3,(H,23,26)/t17-/m0/s1. The number of benzene rings is 2. The van der Waals surface area contributed by atoms with Crippen LogP contribution in [0.2, 0.25) is 5.02 Å². The van der Waals surface area contributed by atoms with E-state index in [1.165, 1.54) is 40.7 Å². The maximum absolute atomic E-state index is 12.9. The average molecular weight is 500 g/mol. The minimum atomic E-state index is -3.72. The van der Waals surface area contributed by atoms with E-state index in [1.807, 2.05) is 6.92 Å². The molecule has 1 aliphatic rings. The van der Waals surface area contributed by atoms with Gasteiger partial charge in [-0.2, -0.15) is 4.31 Å². The Bertz CT molecular complexity index is 1150. The van der Waals surface area contributed by atoms with Crippen LogP contribution in [0.1, 0.15) is 18.4 Å². The molecule has 2 aromatic rings. The Morgan fingerprint density at radius 3 is 2.28 bits per heavy atom. The number of amides is 1. The van der Waals surface area contributed by atoms with Crippen LogP contribution >= 0.6 is 11.6 Å². The Morgan fingerprint density at radius 1 is 1.00 bits per heavy atom. The number of carbonyl (C=O) groups excluding carboxylic acids is 1. The lowest BCUT2D eigenvalue weighted by atomic mass is 9.99. The van der Waals surface area contributed by atoms with E-state index in [0.717, 1.165) is 5.56 Å². The van der Waals surface area contributed by atoms with Gasteiger partial charge in [0.25, 0.3) is 0 Å². The van der Waals surface area contributed by atoms with Crippen molar-refractivity contribution in [3.63, 3.8) is 0 Å². The zero-order chi connectivity index (χ0) is 23.4. The van der Waals surface area contributed by atoms with Gasteiger partial charge >= 0.3 is 0 Å². The van der Waals surface area contributed by atoms with Crippen LogP contribution in [0.15, 0.2) is 58.3 Å². The van der Waals surface area contributed by atoms with Crippen LogP contribution in [-0.4, -0.2) is 53.2 Å². The third-order valence-corrected chi connectivity index (χ3v) is 8.86. The highest BCUT2D eigenvalue weighted by atomic mass is 35.5. The van der Waals surface area contributed by atoms with Crippen molar-refractivity contribution in [3.05, 3.63) is 59.1 Å². The first-order valence-corrected chi connectivity index (χ1v) is 13.5. The van der Waals surface area contributed by atoms with Gasteiger partial charge in [0.2, 0.25) is 26.0 Å². The molecule has 8 nitrogen and oxygen atoms in total. The van der Waals surface area contributed by atoms with Crippen molar-refractivity contribution in [3.8, 4) is 0 Å². The predicted octanol–water partition coefficient (Wildman–Crippen LogP) is 2.14. The van der Waals surface area contributed by atoms with Crippen LogP contribution in [0.5, 0.6) is 0 Å². The van der Waals surface area contributed by atoms with Gasteiger partial charge < -0.3 is 5.32 Å². The second-order valence-corrected chi connectivity index (χ2v) is 11.8. The van der Waals surface area contributed by atoms with E-state index in [-0.39, 0.29) is 35.3 Å². The summed E-state index contributed by atoms with van der Waals surface area (Å²) in [4.78, 5) is 12.8. The van der Waals surface area contributed by atoms with Crippen LogP contribution in [0.25, 0.3) is 0 Å². The van der Waals surface area contributed by atoms with Gasteiger partial charge in [0, 0.05) is 31.2 Å². The fraction of sp³-hybridized carbons (Fsp3) is 0.381. The summed E-state index contributed by atoms with van der Waals surface area (Å²) in [5.41, 5.74) is 0.954. The molecule has 1 amide bonds. The molecule has 0 radical (unpaired) electrons. The summed E-state index contributed by atoms with van der Waals surface area (Å²) in [5, 5.41) is 3.14. The number of nitrogens with one attached hydrogen (secondary N) is 2. The molecule has 1 heterocycles. The van der Waals surface area contributed by atoms with E-state index in [9.17, 15) is 21.6 Å². The minimum Gasteiger partial charge on any atom is -0.355 e. The maximum Gasteiger partial charge on any atom is 0.243 e. The second-order valence-electron chi connectivity index (χ2n) is 7.66. The van der Waals surface area contributed by atoms with E-state index in [0.29, 0.717) is 24.4 Å². The third-order valence-electron chi connectivity index (χ3n) is 5.25. The van der Waals surface area contributed by atoms with Crippen molar-refractivity contribution in [2.75, 3.05) is 26.2 Å². The molecule has 0 unspecified atom stereocenters. The highest BCUT2D eigenvalue weighted by Crippen LogP contribution is 2.24. The largest absolute Gasteiger partial charge is 0.355 e. The van der Waals surface area contributed by atoms with Crippen molar-refractivity contribution >= 4 is 37.6 Å². The Morgan fingerprint density at radius 2 is 1.62 bits per heavy atom. The van der Waals surface area contributed by atoms with Crippen LogP contribution < -0.4 is 10.0 Å². The molecule has 11 heteroatoms. The molecule has 0 saturated carbocycles. The Balaban J connectivity index is 1.52. The topological polar surface area (TPSA) is 113 Å². The van der Waals surface area contributed by atoms with Gasteiger partial charge in [0.15, 0.2) is 0 Å². The summed E-state index contributed by atoms with van der Waals surface area (Å²) in [6.07, 6.45) is 1.12. The van der Waals surface area contributed by atoms with Crippen LogP contribution in [-0.2, 0) is 24.8 Å².